The van der Waals surface area contributed by atoms with Crippen molar-refractivity contribution >= 4 is 33.9 Å². The molecule has 0 unspecified atom stereocenters. The van der Waals surface area contributed by atoms with Gasteiger partial charge in [-0.2, -0.15) is 0 Å². The minimum absolute atomic E-state index is 0.217. The van der Waals surface area contributed by atoms with E-state index in [1.807, 2.05) is 6.07 Å². The maximum Gasteiger partial charge on any atom is 0.178 e. The van der Waals surface area contributed by atoms with Gasteiger partial charge < -0.3 is 9.47 Å². The molecule has 5 heteroatoms. The van der Waals surface area contributed by atoms with Crippen molar-refractivity contribution in [1.82, 2.24) is 0 Å². The standard InChI is InChI=1S/C21H18BrFO3/c1-3-12-26-21-13-15(5-11-20(21)25-2)4-8-18(24)9-6-16-14-17(23)7-10-19(16)22/h3-11,13-14H,1,12H2,2H3/b8-4+,9-6+. The average Bonchev–Trinajstić information content (AvgIpc) is 2.65. The minimum Gasteiger partial charge on any atom is -0.493 e. The Morgan fingerprint density at radius 3 is 2.65 bits per heavy atom. The van der Waals surface area contributed by atoms with Crippen molar-refractivity contribution < 1.29 is 18.7 Å². The van der Waals surface area contributed by atoms with Gasteiger partial charge in [0.05, 0.1) is 7.11 Å². The number of hydrogen-bond acceptors (Lipinski definition) is 3. The van der Waals surface area contributed by atoms with Gasteiger partial charge in [-0.15, -0.1) is 0 Å². The molecule has 0 aliphatic rings. The first-order chi connectivity index (χ1) is 12.5. The average molecular weight is 417 g/mol. The summed E-state index contributed by atoms with van der Waals surface area (Å²) >= 11 is 3.32. The summed E-state index contributed by atoms with van der Waals surface area (Å²) in [7, 11) is 1.56. The van der Waals surface area contributed by atoms with Crippen LogP contribution in [0, 0.1) is 5.82 Å². The fourth-order valence-corrected chi connectivity index (χ4v) is 2.49. The summed E-state index contributed by atoms with van der Waals surface area (Å²) in [5, 5.41) is 0. The quantitative estimate of drug-likeness (QED) is 0.423. The first-order valence-electron chi connectivity index (χ1n) is 7.80. The van der Waals surface area contributed by atoms with Crippen LogP contribution in [0.2, 0.25) is 0 Å². The Bertz CT molecular complexity index is 856. The Labute approximate surface area is 160 Å². The third-order valence-electron chi connectivity index (χ3n) is 3.37. The van der Waals surface area contributed by atoms with Crippen molar-refractivity contribution in [2.75, 3.05) is 13.7 Å². The molecule has 0 saturated carbocycles. The highest BCUT2D eigenvalue weighted by atomic mass is 79.9. The number of allylic oxidation sites excluding steroid dienone is 2. The molecule has 2 aromatic rings. The van der Waals surface area contributed by atoms with E-state index >= 15 is 0 Å². The zero-order chi connectivity index (χ0) is 18.9. The molecule has 0 atom stereocenters. The number of carbonyl (C=O) groups is 1. The first kappa shape index (κ1) is 19.7. The van der Waals surface area contributed by atoms with Crippen LogP contribution in [0.4, 0.5) is 4.39 Å². The summed E-state index contributed by atoms with van der Waals surface area (Å²) in [6.45, 7) is 3.97. The van der Waals surface area contributed by atoms with E-state index in [9.17, 15) is 9.18 Å². The zero-order valence-corrected chi connectivity index (χ0v) is 15.8. The van der Waals surface area contributed by atoms with Gasteiger partial charge in [-0.1, -0.05) is 40.7 Å². The van der Waals surface area contributed by atoms with Gasteiger partial charge in [0.15, 0.2) is 17.3 Å². The summed E-state index contributed by atoms with van der Waals surface area (Å²) in [6, 6.07) is 9.65. The lowest BCUT2D eigenvalue weighted by atomic mass is 10.1. The van der Waals surface area contributed by atoms with Crippen LogP contribution in [0.5, 0.6) is 11.5 Å². The van der Waals surface area contributed by atoms with E-state index in [2.05, 4.69) is 22.5 Å². The van der Waals surface area contributed by atoms with Crippen molar-refractivity contribution in [2.45, 2.75) is 0 Å². The van der Waals surface area contributed by atoms with Crippen LogP contribution >= 0.6 is 15.9 Å². The van der Waals surface area contributed by atoms with Crippen molar-refractivity contribution in [2.24, 2.45) is 0 Å². The number of methoxy groups -OCH3 is 1. The molecule has 0 N–H and O–H groups in total. The largest absolute Gasteiger partial charge is 0.493 e. The SMILES string of the molecule is C=CCOc1cc(/C=C/C(=O)/C=C/c2cc(F)ccc2Br)ccc1OC. The van der Waals surface area contributed by atoms with Crippen LogP contribution in [0.15, 0.2) is 65.7 Å². The second-order valence-electron chi connectivity index (χ2n) is 5.24. The molecule has 0 bridgehead atoms. The number of carbonyl (C=O) groups excluding carboxylic acids is 1. The molecule has 0 fully saturated rings. The zero-order valence-electron chi connectivity index (χ0n) is 14.2. The Morgan fingerprint density at radius 2 is 1.92 bits per heavy atom. The molecule has 0 aliphatic heterocycles. The van der Waals surface area contributed by atoms with Crippen LogP contribution in [-0.2, 0) is 4.79 Å². The summed E-state index contributed by atoms with van der Waals surface area (Å²) in [5.74, 6) is 0.596. The number of benzene rings is 2. The van der Waals surface area contributed by atoms with Gasteiger partial charge in [0.25, 0.3) is 0 Å². The molecule has 0 heterocycles. The van der Waals surface area contributed by atoms with Crippen LogP contribution in [-0.4, -0.2) is 19.5 Å². The summed E-state index contributed by atoms with van der Waals surface area (Å²) < 4.78 is 24.7. The predicted molar refractivity (Wildman–Crippen MR) is 106 cm³/mol. The third kappa shape index (κ3) is 5.70. The van der Waals surface area contributed by atoms with Crippen molar-refractivity contribution in [3.63, 3.8) is 0 Å². The first-order valence-corrected chi connectivity index (χ1v) is 8.59. The van der Waals surface area contributed by atoms with Crippen molar-refractivity contribution in [3.05, 3.63) is 82.6 Å². The molecule has 26 heavy (non-hydrogen) atoms. The number of halogens is 2. The molecule has 2 rings (SSSR count). The summed E-state index contributed by atoms with van der Waals surface area (Å²) in [6.07, 6.45) is 7.69. The molecule has 0 spiro atoms. The van der Waals surface area contributed by atoms with Crippen LogP contribution < -0.4 is 9.47 Å². The second kappa shape index (κ2) is 9.73. The van der Waals surface area contributed by atoms with E-state index < -0.39 is 0 Å². The molecular formula is C21H18BrFO3. The Balaban J connectivity index is 2.10. The lowest BCUT2D eigenvalue weighted by Gasteiger charge is -2.09. The molecule has 0 aliphatic carbocycles. The van der Waals surface area contributed by atoms with Gasteiger partial charge in [-0.25, -0.2) is 4.39 Å². The van der Waals surface area contributed by atoms with Crippen LogP contribution in [0.3, 0.4) is 0 Å². The van der Waals surface area contributed by atoms with Gasteiger partial charge in [0.1, 0.15) is 12.4 Å². The molecule has 0 amide bonds. The van der Waals surface area contributed by atoms with Gasteiger partial charge in [0.2, 0.25) is 0 Å². The summed E-state index contributed by atoms with van der Waals surface area (Å²) in [4.78, 5) is 12.0. The highest BCUT2D eigenvalue weighted by Gasteiger charge is 2.04. The van der Waals surface area contributed by atoms with Crippen LogP contribution in [0.25, 0.3) is 12.2 Å². The van der Waals surface area contributed by atoms with Crippen molar-refractivity contribution in [1.29, 1.82) is 0 Å². The van der Waals surface area contributed by atoms with E-state index in [1.165, 1.54) is 24.3 Å². The normalized spacial score (nSPS) is 11.0. The van der Waals surface area contributed by atoms with E-state index in [0.29, 0.717) is 28.1 Å². The molecule has 3 nitrogen and oxygen atoms in total. The van der Waals surface area contributed by atoms with Gasteiger partial charge in [0, 0.05) is 4.47 Å². The highest BCUT2D eigenvalue weighted by molar-refractivity contribution is 9.10. The van der Waals surface area contributed by atoms with Gasteiger partial charge >= 0.3 is 0 Å². The third-order valence-corrected chi connectivity index (χ3v) is 4.09. The van der Waals surface area contributed by atoms with E-state index in [-0.39, 0.29) is 11.6 Å². The smallest absolute Gasteiger partial charge is 0.178 e. The number of rotatable bonds is 8. The minimum atomic E-state index is -0.360. The Hall–Kier alpha value is -2.66. The van der Waals surface area contributed by atoms with E-state index in [1.54, 1.807) is 43.5 Å². The monoisotopic (exact) mass is 416 g/mol. The van der Waals surface area contributed by atoms with Gasteiger partial charge in [-0.3, -0.25) is 4.79 Å². The maximum absolute atomic E-state index is 13.2. The predicted octanol–water partition coefficient (Wildman–Crippen LogP) is 5.46. The molecule has 0 radical (unpaired) electrons. The number of ether oxygens (including phenoxy) is 2. The Kier molecular flexibility index (Phi) is 7.36. The molecule has 134 valence electrons. The lowest BCUT2D eigenvalue weighted by Crippen LogP contribution is -1.96. The van der Waals surface area contributed by atoms with Crippen LogP contribution in [0.1, 0.15) is 11.1 Å². The molecular weight excluding hydrogens is 399 g/mol. The van der Waals surface area contributed by atoms with E-state index in [0.717, 1.165) is 5.56 Å². The summed E-state index contributed by atoms with van der Waals surface area (Å²) in [5.41, 5.74) is 1.38. The molecule has 0 saturated heterocycles. The second-order valence-corrected chi connectivity index (χ2v) is 6.10. The maximum atomic E-state index is 13.2. The number of ketones is 1. The fourth-order valence-electron chi connectivity index (χ4n) is 2.11. The fraction of sp³-hybridized carbons (Fsp3) is 0.0952. The van der Waals surface area contributed by atoms with Crippen molar-refractivity contribution in [3.8, 4) is 11.5 Å². The molecule has 0 aromatic heterocycles. The van der Waals surface area contributed by atoms with Gasteiger partial charge in [-0.05, 0) is 59.7 Å². The molecule has 2 aromatic carbocycles. The topological polar surface area (TPSA) is 35.5 Å². The van der Waals surface area contributed by atoms with E-state index in [4.69, 9.17) is 9.47 Å². The highest BCUT2D eigenvalue weighted by Crippen LogP contribution is 2.28. The lowest BCUT2D eigenvalue weighted by molar-refractivity contribution is -0.110. The number of hydrogen-bond donors (Lipinski definition) is 0. The Morgan fingerprint density at radius 1 is 1.15 bits per heavy atom.